The number of aliphatic hydroxyl groups is 1. The third kappa shape index (κ3) is 6.56. The van der Waals surface area contributed by atoms with Gasteiger partial charge in [-0.15, -0.1) is 0 Å². The van der Waals surface area contributed by atoms with Crippen LogP contribution in [0.4, 0.5) is 0 Å². The van der Waals surface area contributed by atoms with Crippen LogP contribution >= 0.6 is 0 Å². The summed E-state index contributed by atoms with van der Waals surface area (Å²) in [6.45, 7) is 8.50. The van der Waals surface area contributed by atoms with Gasteiger partial charge >= 0.3 is 0 Å². The first kappa shape index (κ1) is 26.4. The third-order valence-electron chi connectivity index (χ3n) is 7.22. The fourth-order valence-corrected chi connectivity index (χ4v) is 5.35. The van der Waals surface area contributed by atoms with Crippen molar-refractivity contribution in [2.75, 3.05) is 13.7 Å². The van der Waals surface area contributed by atoms with E-state index in [9.17, 15) is 9.90 Å². The van der Waals surface area contributed by atoms with Gasteiger partial charge < -0.3 is 25.2 Å². The number of hydrogen-bond donors (Lipinski definition) is 3. The highest BCUT2D eigenvalue weighted by Gasteiger charge is 2.46. The van der Waals surface area contributed by atoms with Crippen molar-refractivity contribution in [3.05, 3.63) is 53.2 Å². The number of carbonyl (C=O) groups is 1. The van der Waals surface area contributed by atoms with E-state index in [4.69, 9.17) is 14.5 Å². The minimum Gasteiger partial charge on any atom is -0.497 e. The number of hydrogen-bond acceptors (Lipinski definition) is 6. The first-order valence-electron chi connectivity index (χ1n) is 13.1. The monoisotopic (exact) mass is 495 g/mol. The van der Waals surface area contributed by atoms with Gasteiger partial charge in [-0.1, -0.05) is 32.9 Å². The smallest absolute Gasteiger partial charge is 0.218 e. The molecule has 1 aromatic heterocycles. The summed E-state index contributed by atoms with van der Waals surface area (Å²) in [6, 6.07) is 9.54. The van der Waals surface area contributed by atoms with Crippen molar-refractivity contribution < 1.29 is 19.4 Å². The molecule has 1 aliphatic carbocycles. The number of nitrogens with one attached hydrogen (secondary N) is 2. The second-order valence-electron chi connectivity index (χ2n) is 11.7. The second-order valence-corrected chi connectivity index (χ2v) is 11.7. The summed E-state index contributed by atoms with van der Waals surface area (Å²) in [6.07, 6.45) is 6.69. The molecule has 0 unspecified atom stereocenters. The molecule has 36 heavy (non-hydrogen) atoms. The number of rotatable bonds is 9. The standard InChI is InChI=1S/C29H41N3O4/c1-19(33)32-24(14-20-8-6-9-22(12-20)35-5)26(34)18-30-25-16-29(10-7-11-29)36-27-23(25)13-21(17-31-27)15-28(2,3)4/h6,8-9,12-13,17,24-26,30,34H,7,10-11,14-16,18H2,1-5H3,(H,32,33)/t24-,25-,26+/m0/s1. The van der Waals surface area contributed by atoms with E-state index < -0.39 is 12.1 Å². The van der Waals surface area contributed by atoms with E-state index in [1.54, 1.807) is 7.11 Å². The molecule has 1 amide bonds. The molecule has 4 rings (SSSR count). The van der Waals surface area contributed by atoms with E-state index in [-0.39, 0.29) is 23.0 Å². The lowest BCUT2D eigenvalue weighted by atomic mass is 9.73. The maximum atomic E-state index is 11.9. The van der Waals surface area contributed by atoms with E-state index in [0.29, 0.717) is 18.8 Å². The van der Waals surface area contributed by atoms with Crippen LogP contribution < -0.4 is 20.1 Å². The van der Waals surface area contributed by atoms with Crippen LogP contribution in [-0.4, -0.2) is 47.4 Å². The molecular formula is C29H41N3O4. The molecule has 3 N–H and O–H groups in total. The van der Waals surface area contributed by atoms with Gasteiger partial charge in [0.2, 0.25) is 11.8 Å². The number of aliphatic hydroxyl groups excluding tert-OH is 1. The maximum absolute atomic E-state index is 11.9. The number of ether oxygens (including phenoxy) is 2. The molecule has 2 heterocycles. The van der Waals surface area contributed by atoms with Gasteiger partial charge in [-0.2, -0.15) is 0 Å². The lowest BCUT2D eigenvalue weighted by Crippen LogP contribution is -2.52. The lowest BCUT2D eigenvalue weighted by Gasteiger charge is -2.47. The Labute approximate surface area is 215 Å². The molecule has 1 aromatic carbocycles. The van der Waals surface area contributed by atoms with Crippen LogP contribution in [0.15, 0.2) is 36.5 Å². The summed E-state index contributed by atoms with van der Waals surface area (Å²) in [7, 11) is 1.63. The van der Waals surface area contributed by atoms with Gasteiger partial charge in [-0.05, 0) is 66.8 Å². The molecule has 2 aliphatic rings. The van der Waals surface area contributed by atoms with Crippen LogP contribution in [0, 0.1) is 5.41 Å². The molecule has 7 heteroatoms. The number of benzene rings is 1. The number of nitrogens with zero attached hydrogens (tertiary/aromatic N) is 1. The number of methoxy groups -OCH3 is 1. The van der Waals surface area contributed by atoms with Crippen molar-refractivity contribution in [3.63, 3.8) is 0 Å². The predicted molar refractivity (Wildman–Crippen MR) is 140 cm³/mol. The normalized spacial score (nSPS) is 20.0. The fraction of sp³-hybridized carbons (Fsp3) is 0.586. The van der Waals surface area contributed by atoms with Gasteiger partial charge in [-0.25, -0.2) is 4.98 Å². The van der Waals surface area contributed by atoms with Gasteiger partial charge in [0.25, 0.3) is 0 Å². The predicted octanol–water partition coefficient (Wildman–Crippen LogP) is 4.12. The fourth-order valence-electron chi connectivity index (χ4n) is 5.35. The Kier molecular flexibility index (Phi) is 7.90. The highest BCUT2D eigenvalue weighted by atomic mass is 16.5. The Morgan fingerprint density at radius 2 is 2.06 bits per heavy atom. The summed E-state index contributed by atoms with van der Waals surface area (Å²) in [5.74, 6) is 1.30. The number of fused-ring (bicyclic) bond motifs is 1. The molecule has 3 atom stereocenters. The molecule has 2 aromatic rings. The quantitative estimate of drug-likeness (QED) is 0.485. The van der Waals surface area contributed by atoms with E-state index in [2.05, 4.69) is 37.5 Å². The first-order chi connectivity index (χ1) is 17.1. The summed E-state index contributed by atoms with van der Waals surface area (Å²) in [5, 5.41) is 17.7. The molecule has 1 aliphatic heterocycles. The second kappa shape index (κ2) is 10.8. The van der Waals surface area contributed by atoms with E-state index in [1.165, 1.54) is 12.5 Å². The number of pyridine rings is 1. The molecular weight excluding hydrogens is 454 g/mol. The Bertz CT molecular complexity index is 1060. The van der Waals surface area contributed by atoms with Crippen molar-refractivity contribution in [3.8, 4) is 11.6 Å². The average molecular weight is 496 g/mol. The highest BCUT2D eigenvalue weighted by Crippen LogP contribution is 2.48. The SMILES string of the molecule is COc1cccc(C[C@H](NC(C)=O)[C@H](O)CN[C@H]2CC3(CCC3)Oc3ncc(CC(C)(C)C)cc32)c1. The zero-order valence-corrected chi connectivity index (χ0v) is 22.3. The van der Waals surface area contributed by atoms with Crippen LogP contribution in [0.2, 0.25) is 0 Å². The zero-order valence-electron chi connectivity index (χ0n) is 22.3. The molecule has 0 saturated heterocycles. The Morgan fingerprint density at radius 1 is 1.28 bits per heavy atom. The lowest BCUT2D eigenvalue weighted by molar-refractivity contribution is -0.120. The Morgan fingerprint density at radius 3 is 2.69 bits per heavy atom. The van der Waals surface area contributed by atoms with E-state index >= 15 is 0 Å². The van der Waals surface area contributed by atoms with Gasteiger partial charge in [0.05, 0.1) is 19.3 Å². The van der Waals surface area contributed by atoms with Crippen molar-refractivity contribution in [2.24, 2.45) is 5.41 Å². The Hall–Kier alpha value is -2.64. The molecule has 1 spiro atoms. The van der Waals surface area contributed by atoms with E-state index in [0.717, 1.165) is 49.0 Å². The summed E-state index contributed by atoms with van der Waals surface area (Å²) < 4.78 is 11.7. The molecule has 196 valence electrons. The minimum atomic E-state index is -0.769. The summed E-state index contributed by atoms with van der Waals surface area (Å²) >= 11 is 0. The number of amides is 1. The van der Waals surface area contributed by atoms with Crippen molar-refractivity contribution in [1.29, 1.82) is 0 Å². The van der Waals surface area contributed by atoms with E-state index in [1.807, 2.05) is 30.5 Å². The molecule has 0 radical (unpaired) electrons. The molecule has 7 nitrogen and oxygen atoms in total. The third-order valence-corrected chi connectivity index (χ3v) is 7.22. The van der Waals surface area contributed by atoms with Gasteiger partial charge in [0.15, 0.2) is 0 Å². The van der Waals surface area contributed by atoms with Gasteiger partial charge in [0, 0.05) is 37.7 Å². The molecule has 1 fully saturated rings. The van der Waals surface area contributed by atoms with Crippen molar-refractivity contribution >= 4 is 5.91 Å². The minimum absolute atomic E-state index is 0.0333. The summed E-state index contributed by atoms with van der Waals surface area (Å²) in [4.78, 5) is 16.6. The van der Waals surface area contributed by atoms with Crippen LogP contribution in [0.3, 0.4) is 0 Å². The maximum Gasteiger partial charge on any atom is 0.218 e. The van der Waals surface area contributed by atoms with Crippen LogP contribution in [0.25, 0.3) is 0 Å². The zero-order chi connectivity index (χ0) is 25.9. The topological polar surface area (TPSA) is 92.7 Å². The van der Waals surface area contributed by atoms with Gasteiger partial charge in [0.1, 0.15) is 11.4 Å². The highest BCUT2D eigenvalue weighted by molar-refractivity contribution is 5.73. The van der Waals surface area contributed by atoms with Crippen molar-refractivity contribution in [1.82, 2.24) is 15.6 Å². The Balaban J connectivity index is 1.50. The van der Waals surface area contributed by atoms with Crippen LogP contribution in [0.5, 0.6) is 11.6 Å². The number of aromatic nitrogens is 1. The van der Waals surface area contributed by atoms with Crippen molar-refractivity contribution in [2.45, 2.75) is 90.0 Å². The average Bonchev–Trinajstić information content (AvgIpc) is 2.79. The largest absolute Gasteiger partial charge is 0.497 e. The summed E-state index contributed by atoms with van der Waals surface area (Å²) in [5.41, 5.74) is 3.24. The van der Waals surface area contributed by atoms with Crippen LogP contribution in [0.1, 0.15) is 76.1 Å². The van der Waals surface area contributed by atoms with Gasteiger partial charge in [-0.3, -0.25) is 4.79 Å². The number of carbonyl (C=O) groups excluding carboxylic acids is 1. The van der Waals surface area contributed by atoms with Crippen LogP contribution in [-0.2, 0) is 17.6 Å². The first-order valence-corrected chi connectivity index (χ1v) is 13.1. The molecule has 0 bridgehead atoms. The molecule has 1 saturated carbocycles.